The number of aromatic nitrogens is 1. The van der Waals surface area contributed by atoms with Gasteiger partial charge in [-0.2, -0.15) is 0 Å². The SMILES string of the molecule is CN(CCOc1cccc(Cl)c1)C(=O)c1cc[nH]c1. The van der Waals surface area contributed by atoms with Crippen LogP contribution >= 0.6 is 11.6 Å². The minimum Gasteiger partial charge on any atom is -0.492 e. The van der Waals surface area contributed by atoms with Gasteiger partial charge in [0.15, 0.2) is 0 Å². The van der Waals surface area contributed by atoms with Crippen molar-refractivity contribution in [1.82, 2.24) is 9.88 Å². The fraction of sp³-hybridized carbons (Fsp3) is 0.214. The summed E-state index contributed by atoms with van der Waals surface area (Å²) in [7, 11) is 1.75. The number of amides is 1. The van der Waals surface area contributed by atoms with E-state index in [0.29, 0.717) is 29.5 Å². The normalized spacial score (nSPS) is 10.2. The van der Waals surface area contributed by atoms with Crippen LogP contribution in [0.2, 0.25) is 5.02 Å². The number of carbonyl (C=O) groups is 1. The molecule has 0 saturated heterocycles. The van der Waals surface area contributed by atoms with E-state index in [-0.39, 0.29) is 5.91 Å². The first-order valence-corrected chi connectivity index (χ1v) is 6.31. The Morgan fingerprint density at radius 1 is 1.42 bits per heavy atom. The van der Waals surface area contributed by atoms with E-state index >= 15 is 0 Å². The highest BCUT2D eigenvalue weighted by molar-refractivity contribution is 6.30. The third-order valence-electron chi connectivity index (χ3n) is 2.68. The number of nitrogens with zero attached hydrogens (tertiary/aromatic N) is 1. The number of rotatable bonds is 5. The maximum atomic E-state index is 11.9. The zero-order valence-electron chi connectivity index (χ0n) is 10.6. The average molecular weight is 279 g/mol. The maximum Gasteiger partial charge on any atom is 0.255 e. The molecule has 0 aliphatic carbocycles. The number of nitrogens with one attached hydrogen (secondary N) is 1. The number of likely N-dealkylation sites (N-methyl/N-ethyl adjacent to an activating group) is 1. The summed E-state index contributed by atoms with van der Waals surface area (Å²) in [6.45, 7) is 0.934. The van der Waals surface area contributed by atoms with E-state index in [2.05, 4.69) is 4.98 Å². The van der Waals surface area contributed by atoms with Crippen molar-refractivity contribution in [2.75, 3.05) is 20.2 Å². The highest BCUT2D eigenvalue weighted by atomic mass is 35.5. The highest BCUT2D eigenvalue weighted by Crippen LogP contribution is 2.16. The van der Waals surface area contributed by atoms with Gasteiger partial charge in [-0.1, -0.05) is 17.7 Å². The van der Waals surface area contributed by atoms with Crippen molar-refractivity contribution in [3.63, 3.8) is 0 Å². The molecule has 0 saturated carbocycles. The van der Waals surface area contributed by atoms with Gasteiger partial charge in [-0.25, -0.2) is 0 Å². The average Bonchev–Trinajstić information content (AvgIpc) is 2.91. The zero-order chi connectivity index (χ0) is 13.7. The molecule has 0 aliphatic rings. The Kier molecular flexibility index (Phi) is 4.47. The summed E-state index contributed by atoms with van der Waals surface area (Å²) in [5.41, 5.74) is 0.644. The summed E-state index contributed by atoms with van der Waals surface area (Å²) in [6, 6.07) is 8.94. The number of hydrogen-bond acceptors (Lipinski definition) is 2. The van der Waals surface area contributed by atoms with Gasteiger partial charge in [0.2, 0.25) is 0 Å². The fourth-order valence-corrected chi connectivity index (χ4v) is 1.82. The molecule has 1 N–H and O–H groups in total. The van der Waals surface area contributed by atoms with Gasteiger partial charge < -0.3 is 14.6 Å². The Bertz CT molecular complexity index is 540. The van der Waals surface area contributed by atoms with Gasteiger partial charge in [-0.15, -0.1) is 0 Å². The Hall–Kier alpha value is -1.94. The van der Waals surface area contributed by atoms with E-state index in [1.165, 1.54) is 0 Å². The summed E-state index contributed by atoms with van der Waals surface area (Å²) in [6.07, 6.45) is 3.40. The number of aromatic amines is 1. The first-order valence-electron chi connectivity index (χ1n) is 5.93. The molecule has 0 aliphatic heterocycles. The van der Waals surface area contributed by atoms with Crippen LogP contribution in [-0.4, -0.2) is 36.0 Å². The van der Waals surface area contributed by atoms with Crippen LogP contribution in [0.5, 0.6) is 5.75 Å². The first kappa shape index (κ1) is 13.5. The molecule has 19 heavy (non-hydrogen) atoms. The molecule has 1 aromatic heterocycles. The second-order valence-corrected chi connectivity index (χ2v) is 4.57. The van der Waals surface area contributed by atoms with Gasteiger partial charge in [-0.3, -0.25) is 4.79 Å². The monoisotopic (exact) mass is 278 g/mol. The topological polar surface area (TPSA) is 45.3 Å². The summed E-state index contributed by atoms with van der Waals surface area (Å²) >= 11 is 5.86. The Labute approximate surface area is 116 Å². The van der Waals surface area contributed by atoms with E-state index in [1.54, 1.807) is 42.5 Å². The van der Waals surface area contributed by atoms with Crippen LogP contribution in [-0.2, 0) is 0 Å². The van der Waals surface area contributed by atoms with E-state index in [9.17, 15) is 4.79 Å². The minimum atomic E-state index is -0.0315. The Morgan fingerprint density at radius 3 is 2.95 bits per heavy atom. The van der Waals surface area contributed by atoms with Crippen molar-refractivity contribution in [3.8, 4) is 5.75 Å². The summed E-state index contributed by atoms with van der Waals surface area (Å²) in [5.74, 6) is 0.672. The zero-order valence-corrected chi connectivity index (χ0v) is 11.4. The number of benzene rings is 1. The van der Waals surface area contributed by atoms with Crippen LogP contribution in [0.3, 0.4) is 0 Å². The van der Waals surface area contributed by atoms with Crippen LogP contribution in [0.25, 0.3) is 0 Å². The van der Waals surface area contributed by atoms with Crippen molar-refractivity contribution in [2.45, 2.75) is 0 Å². The molecule has 0 radical (unpaired) electrons. The second-order valence-electron chi connectivity index (χ2n) is 4.13. The van der Waals surface area contributed by atoms with Crippen molar-refractivity contribution in [2.24, 2.45) is 0 Å². The largest absolute Gasteiger partial charge is 0.492 e. The lowest BCUT2D eigenvalue weighted by Crippen LogP contribution is -2.30. The number of ether oxygens (including phenoxy) is 1. The molecule has 5 heteroatoms. The van der Waals surface area contributed by atoms with Crippen LogP contribution in [0.4, 0.5) is 0 Å². The molecule has 2 aromatic rings. The summed E-state index contributed by atoms with van der Waals surface area (Å²) in [5, 5.41) is 0.634. The molecule has 1 aromatic carbocycles. The fourth-order valence-electron chi connectivity index (χ4n) is 1.64. The molecule has 1 amide bonds. The summed E-state index contributed by atoms with van der Waals surface area (Å²) in [4.78, 5) is 16.4. The molecule has 1 heterocycles. The summed E-state index contributed by atoms with van der Waals surface area (Å²) < 4.78 is 5.54. The maximum absolute atomic E-state index is 11.9. The molecule has 0 spiro atoms. The Balaban J connectivity index is 1.81. The predicted octanol–water partition coefficient (Wildman–Crippen LogP) is 2.82. The molecular weight excluding hydrogens is 264 g/mol. The third-order valence-corrected chi connectivity index (χ3v) is 2.92. The second kappa shape index (κ2) is 6.29. The van der Waals surface area contributed by atoms with Gasteiger partial charge in [0.05, 0.1) is 12.1 Å². The van der Waals surface area contributed by atoms with Crippen LogP contribution in [0.15, 0.2) is 42.7 Å². The van der Waals surface area contributed by atoms with E-state index in [4.69, 9.17) is 16.3 Å². The van der Waals surface area contributed by atoms with Gasteiger partial charge in [0, 0.05) is 24.5 Å². The molecule has 100 valence electrons. The third kappa shape index (κ3) is 3.76. The van der Waals surface area contributed by atoms with Crippen molar-refractivity contribution < 1.29 is 9.53 Å². The van der Waals surface area contributed by atoms with Gasteiger partial charge >= 0.3 is 0 Å². The highest BCUT2D eigenvalue weighted by Gasteiger charge is 2.11. The molecule has 0 unspecified atom stereocenters. The molecule has 0 bridgehead atoms. The van der Waals surface area contributed by atoms with Gasteiger partial charge in [0.1, 0.15) is 12.4 Å². The van der Waals surface area contributed by atoms with E-state index in [1.807, 2.05) is 12.1 Å². The van der Waals surface area contributed by atoms with Crippen molar-refractivity contribution >= 4 is 17.5 Å². The lowest BCUT2D eigenvalue weighted by atomic mass is 10.3. The molecule has 2 rings (SSSR count). The molecule has 4 nitrogen and oxygen atoms in total. The van der Waals surface area contributed by atoms with Crippen LogP contribution < -0.4 is 4.74 Å². The van der Waals surface area contributed by atoms with Gasteiger partial charge in [0.25, 0.3) is 5.91 Å². The molecular formula is C14H15ClN2O2. The lowest BCUT2D eigenvalue weighted by molar-refractivity contribution is 0.0774. The van der Waals surface area contributed by atoms with E-state index in [0.717, 1.165) is 0 Å². The smallest absolute Gasteiger partial charge is 0.255 e. The number of carbonyl (C=O) groups excluding carboxylic acids is 1. The first-order chi connectivity index (χ1) is 9.16. The molecule has 0 atom stereocenters. The van der Waals surface area contributed by atoms with Crippen LogP contribution in [0.1, 0.15) is 10.4 Å². The van der Waals surface area contributed by atoms with Crippen molar-refractivity contribution in [1.29, 1.82) is 0 Å². The predicted molar refractivity (Wildman–Crippen MR) is 74.7 cm³/mol. The number of hydrogen-bond donors (Lipinski definition) is 1. The van der Waals surface area contributed by atoms with E-state index < -0.39 is 0 Å². The minimum absolute atomic E-state index is 0.0315. The quantitative estimate of drug-likeness (QED) is 0.914. The number of H-pyrrole nitrogens is 1. The lowest BCUT2D eigenvalue weighted by Gasteiger charge is -2.16. The standard InChI is InChI=1S/C14H15ClN2O2/c1-17(14(18)11-5-6-16-10-11)7-8-19-13-4-2-3-12(15)9-13/h2-6,9-10,16H,7-8H2,1H3. The van der Waals surface area contributed by atoms with Crippen molar-refractivity contribution in [3.05, 3.63) is 53.3 Å². The molecule has 0 fully saturated rings. The Morgan fingerprint density at radius 2 is 2.26 bits per heavy atom. The van der Waals surface area contributed by atoms with Crippen LogP contribution in [0, 0.1) is 0 Å². The van der Waals surface area contributed by atoms with Gasteiger partial charge in [-0.05, 0) is 24.3 Å². The number of halogens is 1.